The first-order chi connectivity index (χ1) is 15.1. The Bertz CT molecular complexity index is 1050. The fourth-order valence-electron chi connectivity index (χ4n) is 3.49. The molecule has 2 amide bonds. The SMILES string of the molecule is COc1ccc(C(=O)NC2=C3NC(c4ccncn4)CC(=O)N3CCC=C2)c(OC)n1. The van der Waals surface area contributed by atoms with E-state index in [0.717, 1.165) is 0 Å². The van der Waals surface area contributed by atoms with Crippen molar-refractivity contribution in [3.8, 4) is 11.8 Å². The highest BCUT2D eigenvalue weighted by Crippen LogP contribution is 2.28. The molecule has 1 atom stereocenters. The maximum atomic E-state index is 13.0. The van der Waals surface area contributed by atoms with Crippen LogP contribution in [0.5, 0.6) is 11.8 Å². The van der Waals surface area contributed by atoms with Crippen molar-refractivity contribution in [3.63, 3.8) is 0 Å². The normalized spacial score (nSPS) is 18.1. The molecule has 2 aliphatic heterocycles. The number of nitrogens with zero attached hydrogens (tertiary/aromatic N) is 4. The van der Waals surface area contributed by atoms with Crippen molar-refractivity contribution < 1.29 is 19.1 Å². The van der Waals surface area contributed by atoms with E-state index >= 15 is 0 Å². The summed E-state index contributed by atoms with van der Waals surface area (Å²) in [5.74, 6) is 0.546. The monoisotopic (exact) mass is 422 g/mol. The maximum absolute atomic E-state index is 13.0. The first-order valence-electron chi connectivity index (χ1n) is 9.74. The van der Waals surface area contributed by atoms with E-state index < -0.39 is 5.91 Å². The summed E-state index contributed by atoms with van der Waals surface area (Å²) in [5.41, 5.74) is 1.43. The van der Waals surface area contributed by atoms with Crippen LogP contribution in [0.15, 0.2) is 54.4 Å². The van der Waals surface area contributed by atoms with E-state index in [9.17, 15) is 9.59 Å². The number of aromatic nitrogens is 3. The number of carbonyl (C=O) groups is 2. The summed E-state index contributed by atoms with van der Waals surface area (Å²) < 4.78 is 10.3. The Morgan fingerprint density at radius 3 is 2.87 bits per heavy atom. The number of rotatable bonds is 5. The number of fused-ring (bicyclic) bond motifs is 1. The first-order valence-corrected chi connectivity index (χ1v) is 9.74. The minimum Gasteiger partial charge on any atom is -0.481 e. The second-order valence-electron chi connectivity index (χ2n) is 6.90. The van der Waals surface area contributed by atoms with Crippen molar-refractivity contribution in [2.45, 2.75) is 18.9 Å². The fourth-order valence-corrected chi connectivity index (χ4v) is 3.49. The molecule has 4 rings (SSSR count). The van der Waals surface area contributed by atoms with Gasteiger partial charge in [-0.2, -0.15) is 4.98 Å². The molecule has 1 saturated heterocycles. The molecule has 2 aliphatic rings. The predicted octanol–water partition coefficient (Wildman–Crippen LogP) is 1.31. The van der Waals surface area contributed by atoms with Gasteiger partial charge in [-0.3, -0.25) is 14.5 Å². The zero-order chi connectivity index (χ0) is 21.8. The van der Waals surface area contributed by atoms with Gasteiger partial charge in [0.1, 0.15) is 17.7 Å². The summed E-state index contributed by atoms with van der Waals surface area (Å²) in [6.07, 6.45) is 7.72. The summed E-state index contributed by atoms with van der Waals surface area (Å²) in [4.78, 5) is 39.9. The van der Waals surface area contributed by atoms with E-state index in [1.807, 2.05) is 6.08 Å². The quantitative estimate of drug-likeness (QED) is 0.740. The number of methoxy groups -OCH3 is 2. The van der Waals surface area contributed by atoms with Crippen molar-refractivity contribution in [2.24, 2.45) is 0 Å². The van der Waals surface area contributed by atoms with Crippen LogP contribution in [0.25, 0.3) is 0 Å². The van der Waals surface area contributed by atoms with Gasteiger partial charge < -0.3 is 20.1 Å². The molecule has 10 nitrogen and oxygen atoms in total. The summed E-state index contributed by atoms with van der Waals surface area (Å²) in [6.45, 7) is 0.515. The van der Waals surface area contributed by atoms with E-state index in [0.29, 0.717) is 36.1 Å². The van der Waals surface area contributed by atoms with Crippen LogP contribution in [0.2, 0.25) is 0 Å². The highest BCUT2D eigenvalue weighted by atomic mass is 16.5. The zero-order valence-corrected chi connectivity index (χ0v) is 17.2. The van der Waals surface area contributed by atoms with E-state index in [-0.39, 0.29) is 29.8 Å². The van der Waals surface area contributed by atoms with Crippen molar-refractivity contribution in [1.82, 2.24) is 30.5 Å². The number of hydrogen-bond donors (Lipinski definition) is 2. The van der Waals surface area contributed by atoms with Gasteiger partial charge >= 0.3 is 0 Å². The first kappa shape index (κ1) is 20.3. The summed E-state index contributed by atoms with van der Waals surface area (Å²) in [6, 6.07) is 4.60. The second-order valence-corrected chi connectivity index (χ2v) is 6.90. The third-order valence-corrected chi connectivity index (χ3v) is 5.01. The van der Waals surface area contributed by atoms with Crippen LogP contribution in [0.1, 0.15) is 34.9 Å². The minimum absolute atomic E-state index is 0.0449. The Labute approximate surface area is 179 Å². The van der Waals surface area contributed by atoms with E-state index in [2.05, 4.69) is 25.6 Å². The molecule has 0 aromatic carbocycles. The molecule has 1 unspecified atom stereocenters. The topological polar surface area (TPSA) is 119 Å². The van der Waals surface area contributed by atoms with Crippen LogP contribution in [-0.4, -0.2) is 52.4 Å². The lowest BCUT2D eigenvalue weighted by atomic mass is 10.1. The largest absolute Gasteiger partial charge is 0.481 e. The van der Waals surface area contributed by atoms with E-state index in [1.54, 1.807) is 35.4 Å². The third kappa shape index (κ3) is 4.18. The maximum Gasteiger partial charge on any atom is 0.261 e. The second kappa shape index (κ2) is 8.82. The highest BCUT2D eigenvalue weighted by molar-refractivity contribution is 5.98. The number of ether oxygens (including phenoxy) is 2. The lowest BCUT2D eigenvalue weighted by Gasteiger charge is -2.35. The van der Waals surface area contributed by atoms with E-state index in [1.165, 1.54) is 20.5 Å². The van der Waals surface area contributed by atoms with Crippen molar-refractivity contribution >= 4 is 11.8 Å². The van der Waals surface area contributed by atoms with Gasteiger partial charge in [0.05, 0.1) is 38.1 Å². The van der Waals surface area contributed by atoms with Crippen LogP contribution < -0.4 is 20.1 Å². The van der Waals surface area contributed by atoms with Gasteiger partial charge in [-0.1, -0.05) is 6.08 Å². The van der Waals surface area contributed by atoms with Gasteiger partial charge in [0.25, 0.3) is 5.91 Å². The van der Waals surface area contributed by atoms with Gasteiger partial charge in [0, 0.05) is 18.8 Å². The minimum atomic E-state index is -0.417. The van der Waals surface area contributed by atoms with Crippen LogP contribution >= 0.6 is 0 Å². The molecule has 1 fully saturated rings. The Hall–Kier alpha value is -3.95. The van der Waals surface area contributed by atoms with Crippen LogP contribution in [0.3, 0.4) is 0 Å². The molecule has 4 heterocycles. The molecule has 0 radical (unpaired) electrons. The number of pyridine rings is 1. The number of carbonyl (C=O) groups excluding carboxylic acids is 2. The summed E-state index contributed by atoms with van der Waals surface area (Å²) in [5, 5.41) is 6.24. The van der Waals surface area contributed by atoms with Crippen LogP contribution in [-0.2, 0) is 4.79 Å². The molecule has 0 bridgehead atoms. The van der Waals surface area contributed by atoms with Crippen LogP contribution in [0.4, 0.5) is 0 Å². The van der Waals surface area contributed by atoms with Crippen LogP contribution in [0, 0.1) is 0 Å². The van der Waals surface area contributed by atoms with E-state index in [4.69, 9.17) is 9.47 Å². The van der Waals surface area contributed by atoms with Gasteiger partial charge in [0.15, 0.2) is 0 Å². The Balaban J connectivity index is 1.66. The lowest BCUT2D eigenvalue weighted by molar-refractivity contribution is -0.132. The average molecular weight is 422 g/mol. The summed E-state index contributed by atoms with van der Waals surface area (Å²) >= 11 is 0. The van der Waals surface area contributed by atoms with Gasteiger partial charge in [-0.05, 0) is 24.6 Å². The number of amides is 2. The Morgan fingerprint density at radius 2 is 2.13 bits per heavy atom. The third-order valence-electron chi connectivity index (χ3n) is 5.01. The zero-order valence-electron chi connectivity index (χ0n) is 17.2. The number of nitrogens with one attached hydrogen (secondary N) is 2. The molecule has 2 aromatic heterocycles. The van der Waals surface area contributed by atoms with Crippen molar-refractivity contribution in [3.05, 3.63) is 65.7 Å². The van der Waals surface area contributed by atoms with Gasteiger partial charge in [0.2, 0.25) is 17.7 Å². The molecule has 10 heteroatoms. The fraction of sp³-hybridized carbons (Fsp3) is 0.286. The molecule has 0 aliphatic carbocycles. The Morgan fingerprint density at radius 1 is 1.26 bits per heavy atom. The molecule has 0 spiro atoms. The van der Waals surface area contributed by atoms with Crippen molar-refractivity contribution in [2.75, 3.05) is 20.8 Å². The highest BCUT2D eigenvalue weighted by Gasteiger charge is 2.33. The molecular formula is C21H22N6O4. The Kier molecular flexibility index (Phi) is 5.78. The van der Waals surface area contributed by atoms with Crippen molar-refractivity contribution in [1.29, 1.82) is 0 Å². The molecule has 2 N–H and O–H groups in total. The molecule has 2 aromatic rings. The van der Waals surface area contributed by atoms with Gasteiger partial charge in [-0.25, -0.2) is 9.97 Å². The molecule has 31 heavy (non-hydrogen) atoms. The summed E-state index contributed by atoms with van der Waals surface area (Å²) in [7, 11) is 2.92. The molecular weight excluding hydrogens is 400 g/mol. The average Bonchev–Trinajstić information content (AvgIpc) is 3.01. The lowest BCUT2D eigenvalue weighted by Crippen LogP contribution is -2.47. The molecule has 0 saturated carbocycles. The number of allylic oxidation sites excluding steroid dienone is 1. The smallest absolute Gasteiger partial charge is 0.261 e. The number of hydrogen-bond acceptors (Lipinski definition) is 8. The molecule has 160 valence electrons. The predicted molar refractivity (Wildman–Crippen MR) is 110 cm³/mol. The van der Waals surface area contributed by atoms with Gasteiger partial charge in [-0.15, -0.1) is 0 Å². The standard InChI is InChI=1S/C21H22N6O4/c1-30-17-7-6-13(21(26-17)31-2)20(29)25-15-5-3-4-10-27-18(28)11-16(24-19(15)27)14-8-9-22-12-23-14/h3,5-9,12,16,24H,4,10-11H2,1-2H3,(H,25,29).